The molecule has 1 rings (SSSR count). The van der Waals surface area contributed by atoms with Crippen molar-refractivity contribution in [1.29, 1.82) is 0 Å². The number of nitrogens with one attached hydrogen (secondary N) is 1. The Labute approximate surface area is 210 Å². The normalized spacial score (nSPS) is 11.0. The number of anilines is 1. The van der Waals surface area contributed by atoms with Gasteiger partial charge in [0.05, 0.1) is 75.4 Å². The van der Waals surface area contributed by atoms with Crippen molar-refractivity contribution in [3.8, 4) is 0 Å². The maximum atomic E-state index is 11.1. The first kappa shape index (κ1) is 30.9. The van der Waals surface area contributed by atoms with Crippen LogP contribution in [0.3, 0.4) is 0 Å². The average molecular weight is 522 g/mol. The zero-order valence-electron chi connectivity index (χ0n) is 20.0. The number of alkyl halides is 1. The van der Waals surface area contributed by atoms with Crippen LogP contribution in [0.4, 0.5) is 17.1 Å². The molecule has 0 fully saturated rings. The van der Waals surface area contributed by atoms with E-state index in [0.717, 1.165) is 44.2 Å². The van der Waals surface area contributed by atoms with Crippen LogP contribution in [0.2, 0.25) is 0 Å². The number of ether oxygens (including phenoxy) is 5. The average Bonchev–Trinajstić information content (AvgIpc) is 2.84. The van der Waals surface area contributed by atoms with Gasteiger partial charge in [-0.1, -0.05) is 12.8 Å². The van der Waals surface area contributed by atoms with Crippen LogP contribution in [0, 0.1) is 20.2 Å². The van der Waals surface area contributed by atoms with E-state index in [1.54, 1.807) is 0 Å². The molecule has 0 saturated carbocycles. The zero-order valence-corrected chi connectivity index (χ0v) is 20.7. The number of nitro groups is 2. The van der Waals surface area contributed by atoms with Crippen LogP contribution in [-0.4, -0.2) is 88.3 Å². The number of hydrogen-bond donors (Lipinski definition) is 1. The molecule has 1 aromatic carbocycles. The van der Waals surface area contributed by atoms with Crippen molar-refractivity contribution >= 4 is 28.7 Å². The molecule has 0 saturated heterocycles. The van der Waals surface area contributed by atoms with E-state index in [9.17, 15) is 20.2 Å². The van der Waals surface area contributed by atoms with Crippen LogP contribution in [-0.2, 0) is 23.7 Å². The Hall–Kier alpha value is -2.09. The second-order valence-electron chi connectivity index (χ2n) is 7.31. The molecular weight excluding hydrogens is 486 g/mol. The Bertz CT molecular complexity index is 713. The second-order valence-corrected chi connectivity index (χ2v) is 7.69. The summed E-state index contributed by atoms with van der Waals surface area (Å²) >= 11 is 5.62. The first-order valence-corrected chi connectivity index (χ1v) is 12.2. The summed E-state index contributed by atoms with van der Waals surface area (Å²) in [6.45, 7) is 5.11. The SMILES string of the molecule is O=[N+]([O-])c1ccc(NCCOCCOCCOCCOCCOCCCCCCCl)c([N+](=O)[O-])c1. The first-order valence-electron chi connectivity index (χ1n) is 11.7. The standard InChI is InChI=1S/C22H36ClN3O9/c23-7-3-1-2-4-9-31-11-13-33-15-17-35-18-16-34-14-12-32-10-8-24-21-6-5-20(25(27)28)19-22(21)26(29)30/h5-6,19,24H,1-4,7-18H2. The molecule has 12 nitrogen and oxygen atoms in total. The highest BCUT2D eigenvalue weighted by atomic mass is 35.5. The van der Waals surface area contributed by atoms with Gasteiger partial charge in [0, 0.05) is 25.1 Å². The molecule has 0 aliphatic carbocycles. The molecule has 0 spiro atoms. The molecule has 0 radical (unpaired) electrons. The zero-order chi connectivity index (χ0) is 25.6. The summed E-state index contributed by atoms with van der Waals surface area (Å²) in [5.41, 5.74) is -0.494. The molecule has 0 aromatic heterocycles. The number of unbranched alkanes of at least 4 members (excludes halogenated alkanes) is 3. The molecule has 0 amide bonds. The van der Waals surface area contributed by atoms with Crippen molar-refractivity contribution < 1.29 is 33.5 Å². The van der Waals surface area contributed by atoms with Gasteiger partial charge in [-0.05, 0) is 18.9 Å². The number of rotatable bonds is 24. The molecular formula is C22H36ClN3O9. The van der Waals surface area contributed by atoms with Crippen molar-refractivity contribution in [2.75, 3.05) is 83.8 Å². The molecule has 0 aliphatic rings. The van der Waals surface area contributed by atoms with Crippen LogP contribution in [0.15, 0.2) is 18.2 Å². The smallest absolute Gasteiger partial charge is 0.299 e. The van der Waals surface area contributed by atoms with E-state index >= 15 is 0 Å². The molecule has 0 unspecified atom stereocenters. The number of hydrogen-bond acceptors (Lipinski definition) is 10. The molecule has 1 aromatic rings. The van der Waals surface area contributed by atoms with Gasteiger partial charge >= 0.3 is 0 Å². The largest absolute Gasteiger partial charge is 0.379 e. The molecule has 1 N–H and O–H groups in total. The minimum absolute atomic E-state index is 0.197. The van der Waals surface area contributed by atoms with Gasteiger partial charge in [-0.3, -0.25) is 20.2 Å². The van der Waals surface area contributed by atoms with Gasteiger partial charge in [0.25, 0.3) is 11.4 Å². The topological polar surface area (TPSA) is 144 Å². The first-order chi connectivity index (χ1) is 17.1. The Morgan fingerprint density at radius 1 is 0.686 bits per heavy atom. The highest BCUT2D eigenvalue weighted by Crippen LogP contribution is 2.28. The number of nitrogens with zero attached hydrogens (tertiary/aromatic N) is 2. The van der Waals surface area contributed by atoms with Gasteiger partial charge < -0.3 is 29.0 Å². The predicted molar refractivity (Wildman–Crippen MR) is 132 cm³/mol. The number of halogens is 1. The maximum Gasteiger partial charge on any atom is 0.299 e. The minimum Gasteiger partial charge on any atom is -0.379 e. The van der Waals surface area contributed by atoms with Crippen LogP contribution >= 0.6 is 11.6 Å². The lowest BCUT2D eigenvalue weighted by Gasteiger charge is -2.09. The Morgan fingerprint density at radius 3 is 1.71 bits per heavy atom. The van der Waals surface area contributed by atoms with Gasteiger partial charge in [-0.2, -0.15) is 0 Å². The summed E-state index contributed by atoms with van der Waals surface area (Å²) in [7, 11) is 0. The van der Waals surface area contributed by atoms with Crippen molar-refractivity contribution in [3.05, 3.63) is 38.4 Å². The fourth-order valence-electron chi connectivity index (χ4n) is 2.83. The molecule has 0 aliphatic heterocycles. The van der Waals surface area contributed by atoms with E-state index in [2.05, 4.69) is 5.32 Å². The molecule has 0 bridgehead atoms. The summed E-state index contributed by atoms with van der Waals surface area (Å²) in [5, 5.41) is 24.7. The van der Waals surface area contributed by atoms with Gasteiger partial charge in [0.1, 0.15) is 5.69 Å². The second kappa shape index (κ2) is 21.2. The maximum absolute atomic E-state index is 11.1. The summed E-state index contributed by atoms with van der Waals surface area (Å²) in [4.78, 5) is 20.5. The van der Waals surface area contributed by atoms with Gasteiger partial charge in [-0.15, -0.1) is 11.6 Å². The van der Waals surface area contributed by atoms with Crippen molar-refractivity contribution in [2.45, 2.75) is 25.7 Å². The molecule has 0 atom stereocenters. The Morgan fingerprint density at radius 2 is 1.20 bits per heavy atom. The van der Waals surface area contributed by atoms with Gasteiger partial charge in [0.15, 0.2) is 0 Å². The van der Waals surface area contributed by atoms with E-state index in [1.807, 2.05) is 0 Å². The summed E-state index contributed by atoms with van der Waals surface area (Å²) < 4.78 is 27.1. The molecule has 13 heteroatoms. The highest BCUT2D eigenvalue weighted by molar-refractivity contribution is 6.17. The van der Waals surface area contributed by atoms with E-state index in [1.165, 1.54) is 12.1 Å². The third-order valence-corrected chi connectivity index (χ3v) is 4.88. The predicted octanol–water partition coefficient (Wildman–Crippen LogP) is 3.80. The van der Waals surface area contributed by atoms with E-state index in [-0.39, 0.29) is 17.1 Å². The summed E-state index contributed by atoms with van der Waals surface area (Å²) in [6, 6.07) is 3.44. The fraction of sp³-hybridized carbons (Fsp3) is 0.727. The molecule has 35 heavy (non-hydrogen) atoms. The van der Waals surface area contributed by atoms with Crippen molar-refractivity contribution in [1.82, 2.24) is 0 Å². The van der Waals surface area contributed by atoms with Crippen LogP contribution in [0.1, 0.15) is 25.7 Å². The van der Waals surface area contributed by atoms with E-state index in [4.69, 9.17) is 35.3 Å². The lowest BCUT2D eigenvalue weighted by Crippen LogP contribution is -2.15. The monoisotopic (exact) mass is 521 g/mol. The molecule has 200 valence electrons. The minimum atomic E-state index is -0.676. The summed E-state index contributed by atoms with van der Waals surface area (Å²) in [5.74, 6) is 0.724. The van der Waals surface area contributed by atoms with E-state index in [0.29, 0.717) is 66.0 Å². The van der Waals surface area contributed by atoms with Crippen LogP contribution in [0.25, 0.3) is 0 Å². The molecule has 0 heterocycles. The number of benzene rings is 1. The van der Waals surface area contributed by atoms with Gasteiger partial charge in [-0.25, -0.2) is 0 Å². The van der Waals surface area contributed by atoms with Crippen molar-refractivity contribution in [2.24, 2.45) is 0 Å². The number of non-ortho nitro benzene ring substituents is 1. The quantitative estimate of drug-likeness (QED) is 0.0922. The Balaban J connectivity index is 1.88. The lowest BCUT2D eigenvalue weighted by atomic mass is 10.2. The highest BCUT2D eigenvalue weighted by Gasteiger charge is 2.18. The van der Waals surface area contributed by atoms with E-state index < -0.39 is 9.85 Å². The summed E-state index contributed by atoms with van der Waals surface area (Å²) in [6.07, 6.45) is 4.40. The number of nitro benzene ring substituents is 2. The third kappa shape index (κ3) is 16.3. The van der Waals surface area contributed by atoms with Crippen LogP contribution in [0.5, 0.6) is 0 Å². The third-order valence-electron chi connectivity index (χ3n) is 4.61. The lowest BCUT2D eigenvalue weighted by molar-refractivity contribution is -0.393. The van der Waals surface area contributed by atoms with Crippen LogP contribution < -0.4 is 5.32 Å². The van der Waals surface area contributed by atoms with Gasteiger partial charge in [0.2, 0.25) is 0 Å². The fourth-order valence-corrected chi connectivity index (χ4v) is 3.01. The Kier molecular flexibility index (Phi) is 18.8. The van der Waals surface area contributed by atoms with Crippen molar-refractivity contribution in [3.63, 3.8) is 0 Å².